The number of hydrogen-bond donors (Lipinski definition) is 0. The van der Waals surface area contributed by atoms with Gasteiger partial charge in [0.1, 0.15) is 6.04 Å². The lowest BCUT2D eigenvalue weighted by molar-refractivity contribution is 0.0737. The summed E-state index contributed by atoms with van der Waals surface area (Å²) in [4.78, 5) is 16.0. The van der Waals surface area contributed by atoms with Gasteiger partial charge in [-0.05, 0) is 24.6 Å². The summed E-state index contributed by atoms with van der Waals surface area (Å²) in [6.45, 7) is 1.12. The van der Waals surface area contributed by atoms with Crippen molar-refractivity contribution in [3.8, 4) is 6.07 Å². The number of rotatable bonds is 5. The molecule has 0 fully saturated rings. The second-order valence-electron chi connectivity index (χ2n) is 5.04. The highest BCUT2D eigenvalue weighted by molar-refractivity contribution is 6.00. The molecule has 1 atom stereocenters. The monoisotopic (exact) mass is 273 g/mol. The van der Waals surface area contributed by atoms with Gasteiger partial charge in [-0.1, -0.05) is 0 Å². The number of hydrogen-bond acceptors (Lipinski definition) is 4. The van der Waals surface area contributed by atoms with Crippen LogP contribution < -0.4 is 4.90 Å². The molecule has 0 radical (unpaired) electrons. The van der Waals surface area contributed by atoms with E-state index in [0.717, 1.165) is 17.7 Å². The molecule has 0 bridgehead atoms. The van der Waals surface area contributed by atoms with Gasteiger partial charge < -0.3 is 14.5 Å². The van der Waals surface area contributed by atoms with Crippen molar-refractivity contribution in [1.29, 1.82) is 5.26 Å². The number of nitriles is 1. The van der Waals surface area contributed by atoms with Gasteiger partial charge in [-0.3, -0.25) is 4.79 Å². The largest absolute Gasteiger partial charge is 0.385 e. The quantitative estimate of drug-likeness (QED) is 0.768. The Bertz CT molecular complexity index is 549. The smallest absolute Gasteiger partial charge is 0.255 e. The third-order valence-corrected chi connectivity index (χ3v) is 3.52. The van der Waals surface area contributed by atoms with E-state index in [1.807, 2.05) is 37.2 Å². The zero-order valence-electron chi connectivity index (χ0n) is 12.1. The number of fused-ring (bicyclic) bond motifs is 1. The first kappa shape index (κ1) is 14.4. The number of carbonyl (C=O) groups is 1. The summed E-state index contributed by atoms with van der Waals surface area (Å²) in [7, 11) is 5.51. The Labute approximate surface area is 119 Å². The van der Waals surface area contributed by atoms with Crippen LogP contribution >= 0.6 is 0 Å². The maximum atomic E-state index is 12.4. The van der Waals surface area contributed by atoms with Crippen molar-refractivity contribution in [3.63, 3.8) is 0 Å². The van der Waals surface area contributed by atoms with E-state index in [9.17, 15) is 10.1 Å². The van der Waals surface area contributed by atoms with E-state index in [0.29, 0.717) is 18.7 Å². The predicted molar refractivity (Wildman–Crippen MR) is 76.7 cm³/mol. The first-order chi connectivity index (χ1) is 9.60. The average Bonchev–Trinajstić information content (AvgIpc) is 2.71. The number of amides is 1. The van der Waals surface area contributed by atoms with E-state index < -0.39 is 6.04 Å². The highest BCUT2D eigenvalue weighted by Crippen LogP contribution is 2.35. The maximum absolute atomic E-state index is 12.4. The predicted octanol–water partition coefficient (Wildman–Crippen LogP) is 1.81. The van der Waals surface area contributed by atoms with Crippen molar-refractivity contribution >= 4 is 11.6 Å². The van der Waals surface area contributed by atoms with Crippen LogP contribution in [0.3, 0.4) is 0 Å². The number of ether oxygens (including phenoxy) is 1. The van der Waals surface area contributed by atoms with Crippen LogP contribution in [0.4, 0.5) is 5.69 Å². The van der Waals surface area contributed by atoms with E-state index in [1.54, 1.807) is 12.0 Å². The van der Waals surface area contributed by atoms with Gasteiger partial charge in [0.25, 0.3) is 5.91 Å². The second kappa shape index (κ2) is 5.93. The SMILES string of the molecule is COCCCN1C(=O)c2ccc(N(C)C)cc2C1C#N. The molecule has 1 aliphatic heterocycles. The number of carbonyl (C=O) groups excluding carboxylic acids is 1. The fraction of sp³-hybridized carbons (Fsp3) is 0.467. The van der Waals surface area contributed by atoms with Crippen molar-refractivity contribution < 1.29 is 9.53 Å². The molecular weight excluding hydrogens is 254 g/mol. The molecule has 106 valence electrons. The summed E-state index contributed by atoms with van der Waals surface area (Å²) in [6, 6.07) is 7.40. The molecule has 1 aliphatic rings. The number of methoxy groups -OCH3 is 1. The first-order valence-electron chi connectivity index (χ1n) is 6.61. The third-order valence-electron chi connectivity index (χ3n) is 3.52. The summed E-state index contributed by atoms with van der Waals surface area (Å²) < 4.78 is 5.01. The number of anilines is 1. The highest BCUT2D eigenvalue weighted by atomic mass is 16.5. The summed E-state index contributed by atoms with van der Waals surface area (Å²) >= 11 is 0. The van der Waals surface area contributed by atoms with Crippen LogP contribution in [0, 0.1) is 11.3 Å². The van der Waals surface area contributed by atoms with Crippen molar-refractivity contribution in [2.75, 3.05) is 39.3 Å². The maximum Gasteiger partial charge on any atom is 0.255 e. The fourth-order valence-electron chi connectivity index (χ4n) is 2.44. The molecule has 0 aromatic heterocycles. The normalized spacial score (nSPS) is 17.0. The molecule has 0 aliphatic carbocycles. The molecule has 1 aromatic carbocycles. The van der Waals surface area contributed by atoms with Gasteiger partial charge in [-0.15, -0.1) is 0 Å². The molecule has 0 saturated heterocycles. The van der Waals surface area contributed by atoms with Gasteiger partial charge in [-0.2, -0.15) is 5.26 Å². The Hall–Kier alpha value is -2.06. The number of benzene rings is 1. The Morgan fingerprint density at radius 3 is 2.80 bits per heavy atom. The van der Waals surface area contributed by atoms with E-state index in [4.69, 9.17) is 4.74 Å². The molecule has 1 amide bonds. The summed E-state index contributed by atoms with van der Waals surface area (Å²) in [5, 5.41) is 9.40. The Balaban J connectivity index is 2.29. The van der Waals surface area contributed by atoms with Crippen LogP contribution in [0.1, 0.15) is 28.4 Å². The van der Waals surface area contributed by atoms with Crippen LogP contribution in [0.25, 0.3) is 0 Å². The molecule has 5 nitrogen and oxygen atoms in total. The van der Waals surface area contributed by atoms with Gasteiger partial charge in [0.15, 0.2) is 0 Å². The third kappa shape index (κ3) is 2.47. The Kier molecular flexibility index (Phi) is 4.26. The lowest BCUT2D eigenvalue weighted by Gasteiger charge is -2.20. The van der Waals surface area contributed by atoms with Crippen molar-refractivity contribution in [3.05, 3.63) is 29.3 Å². The summed E-state index contributed by atoms with van der Waals surface area (Å²) in [5.74, 6) is -0.0621. The topological polar surface area (TPSA) is 56.6 Å². The van der Waals surface area contributed by atoms with Crippen LogP contribution in [0.15, 0.2) is 18.2 Å². The zero-order valence-corrected chi connectivity index (χ0v) is 12.1. The van der Waals surface area contributed by atoms with Crippen LogP contribution in [0.2, 0.25) is 0 Å². The molecule has 1 aromatic rings. The van der Waals surface area contributed by atoms with Gasteiger partial charge in [0.2, 0.25) is 0 Å². The van der Waals surface area contributed by atoms with Gasteiger partial charge in [0.05, 0.1) is 6.07 Å². The summed E-state index contributed by atoms with van der Waals surface area (Å²) in [5.41, 5.74) is 2.44. The van der Waals surface area contributed by atoms with E-state index in [1.165, 1.54) is 0 Å². The Morgan fingerprint density at radius 1 is 1.45 bits per heavy atom. The van der Waals surface area contributed by atoms with E-state index in [-0.39, 0.29) is 5.91 Å². The van der Waals surface area contributed by atoms with Crippen LogP contribution in [-0.4, -0.2) is 45.2 Å². The second-order valence-corrected chi connectivity index (χ2v) is 5.04. The van der Waals surface area contributed by atoms with Crippen molar-refractivity contribution in [2.45, 2.75) is 12.5 Å². The lowest BCUT2D eigenvalue weighted by atomic mass is 10.0. The average molecular weight is 273 g/mol. The molecule has 0 saturated carbocycles. The molecule has 2 rings (SSSR count). The molecule has 1 unspecified atom stereocenters. The molecule has 0 N–H and O–H groups in total. The van der Waals surface area contributed by atoms with Crippen LogP contribution in [0.5, 0.6) is 0 Å². The van der Waals surface area contributed by atoms with Crippen LogP contribution in [-0.2, 0) is 4.74 Å². The Morgan fingerprint density at radius 2 is 2.20 bits per heavy atom. The van der Waals surface area contributed by atoms with Gasteiger partial charge in [0, 0.05) is 51.2 Å². The molecular formula is C15H19N3O2. The molecule has 5 heteroatoms. The molecule has 1 heterocycles. The first-order valence-corrected chi connectivity index (χ1v) is 6.61. The van der Waals surface area contributed by atoms with Gasteiger partial charge >= 0.3 is 0 Å². The minimum atomic E-state index is -0.491. The lowest BCUT2D eigenvalue weighted by Crippen LogP contribution is -2.29. The number of nitrogens with zero attached hydrogens (tertiary/aromatic N) is 3. The van der Waals surface area contributed by atoms with E-state index >= 15 is 0 Å². The zero-order chi connectivity index (χ0) is 14.7. The standard InChI is InChI=1S/C15H19N3O2/c1-17(2)11-5-6-12-13(9-11)14(10-16)18(15(12)19)7-4-8-20-3/h5-6,9,14H,4,7-8H2,1-3H3. The van der Waals surface area contributed by atoms with Gasteiger partial charge in [-0.25, -0.2) is 0 Å². The molecule has 20 heavy (non-hydrogen) atoms. The highest BCUT2D eigenvalue weighted by Gasteiger charge is 2.36. The minimum Gasteiger partial charge on any atom is -0.385 e. The molecule has 0 spiro atoms. The van der Waals surface area contributed by atoms with Crippen molar-refractivity contribution in [1.82, 2.24) is 4.90 Å². The van der Waals surface area contributed by atoms with Crippen molar-refractivity contribution in [2.24, 2.45) is 0 Å². The fourth-order valence-corrected chi connectivity index (χ4v) is 2.44. The minimum absolute atomic E-state index is 0.0621. The van der Waals surface area contributed by atoms with E-state index in [2.05, 4.69) is 6.07 Å². The summed E-state index contributed by atoms with van der Waals surface area (Å²) in [6.07, 6.45) is 0.731.